The van der Waals surface area contributed by atoms with Crippen molar-refractivity contribution in [3.8, 4) is 0 Å². The average Bonchev–Trinajstić information content (AvgIpc) is 2.71. The molecule has 0 aromatic carbocycles. The van der Waals surface area contributed by atoms with E-state index in [9.17, 15) is 13.2 Å². The number of aliphatic hydroxyl groups is 2. The Hall–Kier alpha value is -1.47. The topological polar surface area (TPSA) is 165 Å². The van der Waals surface area contributed by atoms with Crippen molar-refractivity contribution in [1.82, 2.24) is 9.78 Å². The number of nitrogens with zero attached hydrogens (tertiary/aromatic N) is 3. The fourth-order valence-corrected chi connectivity index (χ4v) is 2.25. The number of carbonyl (C=O) groups excluding carboxylic acids is 2. The molecule has 0 fully saturated rings. The van der Waals surface area contributed by atoms with Crippen molar-refractivity contribution in [3.63, 3.8) is 0 Å². The molecular formula is C7H12N4O6S2. The van der Waals surface area contributed by atoms with E-state index in [1.165, 1.54) is 7.05 Å². The first-order valence-electron chi connectivity index (χ1n) is 4.56. The second-order valence-corrected chi connectivity index (χ2v) is 5.52. The van der Waals surface area contributed by atoms with Gasteiger partial charge in [0.2, 0.25) is 9.14 Å². The van der Waals surface area contributed by atoms with Gasteiger partial charge in [-0.05, 0) is 0 Å². The predicted octanol–water partition coefficient (Wildman–Crippen LogP) is -3.27. The third kappa shape index (κ3) is 6.30. The smallest absolute Gasteiger partial charge is 0.274 e. The van der Waals surface area contributed by atoms with Crippen LogP contribution in [0.2, 0.25) is 0 Å². The number of aliphatic hydroxyl groups excluding tert-OH is 2. The summed E-state index contributed by atoms with van der Waals surface area (Å²) >= 11 is 0.650. The first-order chi connectivity index (χ1) is 8.76. The molecule has 1 heterocycles. The summed E-state index contributed by atoms with van der Waals surface area (Å²) in [6.07, 6.45) is 0.431. The Balaban J connectivity index is 0.000000711. The summed E-state index contributed by atoms with van der Waals surface area (Å²) in [5.41, 5.74) is 0. The number of primary sulfonamides is 1. The van der Waals surface area contributed by atoms with Gasteiger partial charge in [0.1, 0.15) is 12.9 Å². The summed E-state index contributed by atoms with van der Waals surface area (Å²) in [6.45, 7) is -1.11. The second-order valence-electron chi connectivity index (χ2n) is 2.83. The average molecular weight is 312 g/mol. The predicted molar refractivity (Wildman–Crippen MR) is 63.3 cm³/mol. The number of hydrogen-bond donors (Lipinski definition) is 3. The number of rotatable bonds is 3. The molecule has 0 saturated carbocycles. The largest absolute Gasteiger partial charge is 0.389 e. The molecule has 19 heavy (non-hydrogen) atoms. The highest BCUT2D eigenvalue weighted by Gasteiger charge is 2.14. The Bertz CT molecular complexity index is 601. The van der Waals surface area contributed by atoms with Crippen LogP contribution < -0.4 is 9.94 Å². The fraction of sp³-hybridized carbons (Fsp3) is 0.429. The van der Waals surface area contributed by atoms with Gasteiger partial charge in [-0.3, -0.25) is 4.79 Å². The first-order valence-corrected chi connectivity index (χ1v) is 6.92. The SMILES string of the molecule is Cn1nc(S(N)(=O)=O)sc1=NC(=O)CO.O=CCO. The molecule has 12 heteroatoms. The van der Waals surface area contributed by atoms with Crippen LogP contribution in [0.25, 0.3) is 0 Å². The minimum atomic E-state index is -3.89. The van der Waals surface area contributed by atoms with Crippen LogP contribution in [0.15, 0.2) is 9.33 Å². The number of aryl methyl sites for hydroxylation is 1. The second kappa shape index (κ2) is 7.85. The van der Waals surface area contributed by atoms with Crippen molar-refractivity contribution in [2.24, 2.45) is 17.2 Å². The Labute approximate surface area is 111 Å². The maximum Gasteiger partial charge on any atom is 0.274 e. The molecule has 1 rings (SSSR count). The molecule has 0 radical (unpaired) electrons. The van der Waals surface area contributed by atoms with Crippen LogP contribution in [-0.2, 0) is 26.7 Å². The van der Waals surface area contributed by atoms with Gasteiger partial charge in [-0.1, -0.05) is 11.3 Å². The fourth-order valence-electron chi connectivity index (χ4n) is 0.682. The molecule has 0 atom stereocenters. The normalized spacial score (nSPS) is 11.7. The molecule has 1 aromatic heterocycles. The molecule has 0 saturated heterocycles. The summed E-state index contributed by atoms with van der Waals surface area (Å²) in [6, 6.07) is 0. The lowest BCUT2D eigenvalue weighted by molar-refractivity contribution is -0.120. The molecule has 0 unspecified atom stereocenters. The van der Waals surface area contributed by atoms with E-state index in [0.717, 1.165) is 4.68 Å². The Morgan fingerprint density at radius 2 is 2.11 bits per heavy atom. The van der Waals surface area contributed by atoms with Crippen LogP contribution >= 0.6 is 11.3 Å². The lowest BCUT2D eigenvalue weighted by atomic mass is 10.7. The summed E-state index contributed by atoms with van der Waals surface area (Å²) in [5.74, 6) is -0.782. The summed E-state index contributed by atoms with van der Waals surface area (Å²) < 4.78 is 22.5. The zero-order valence-electron chi connectivity index (χ0n) is 9.75. The number of sulfonamides is 1. The lowest BCUT2D eigenvalue weighted by Gasteiger charge is -1.86. The Kier molecular flexibility index (Phi) is 7.25. The molecule has 108 valence electrons. The zero-order chi connectivity index (χ0) is 15.1. The van der Waals surface area contributed by atoms with Gasteiger partial charge in [0.15, 0.2) is 0 Å². The first kappa shape index (κ1) is 17.5. The minimum absolute atomic E-state index is 0.0538. The monoisotopic (exact) mass is 312 g/mol. The van der Waals surface area contributed by atoms with E-state index < -0.39 is 22.5 Å². The van der Waals surface area contributed by atoms with E-state index in [-0.39, 0.29) is 15.7 Å². The molecule has 0 spiro atoms. The van der Waals surface area contributed by atoms with Gasteiger partial charge in [0.25, 0.3) is 15.9 Å². The van der Waals surface area contributed by atoms with E-state index in [1.807, 2.05) is 0 Å². The maximum atomic E-state index is 10.9. The number of aromatic nitrogens is 2. The molecule has 0 aliphatic carbocycles. The van der Waals surface area contributed by atoms with Gasteiger partial charge in [0.05, 0.1) is 6.61 Å². The van der Waals surface area contributed by atoms with Crippen molar-refractivity contribution in [2.45, 2.75) is 4.34 Å². The van der Waals surface area contributed by atoms with Gasteiger partial charge in [0, 0.05) is 7.05 Å². The molecule has 10 nitrogen and oxygen atoms in total. The minimum Gasteiger partial charge on any atom is -0.389 e. The summed E-state index contributed by atoms with van der Waals surface area (Å²) in [7, 11) is -2.48. The quantitative estimate of drug-likeness (QED) is 0.492. The summed E-state index contributed by atoms with van der Waals surface area (Å²) in [4.78, 5) is 23.2. The van der Waals surface area contributed by atoms with E-state index >= 15 is 0 Å². The third-order valence-corrected chi connectivity index (χ3v) is 3.67. The molecule has 0 bridgehead atoms. The molecule has 0 aliphatic heterocycles. The van der Waals surface area contributed by atoms with Gasteiger partial charge in [-0.15, -0.1) is 5.10 Å². The molecule has 0 aliphatic rings. The number of carbonyl (C=O) groups is 2. The van der Waals surface area contributed by atoms with Crippen LogP contribution in [0.3, 0.4) is 0 Å². The van der Waals surface area contributed by atoms with Gasteiger partial charge in [-0.25, -0.2) is 18.2 Å². The van der Waals surface area contributed by atoms with E-state index in [1.54, 1.807) is 0 Å². The Morgan fingerprint density at radius 1 is 1.58 bits per heavy atom. The van der Waals surface area contributed by atoms with Crippen molar-refractivity contribution < 1.29 is 28.2 Å². The maximum absolute atomic E-state index is 10.9. The highest BCUT2D eigenvalue weighted by Crippen LogP contribution is 2.03. The molecule has 1 aromatic rings. The standard InChI is InChI=1S/C5H8N4O4S2.C2H4O2/c1-9-4(7-3(11)2-10)14-5(8-9)15(6,12)13;3-1-2-4/h10H,2H2,1H3,(H2,6,12,13);1,4H,2H2. The van der Waals surface area contributed by atoms with Crippen LogP contribution in [0.1, 0.15) is 0 Å². The molecule has 1 amide bonds. The number of nitrogens with two attached hydrogens (primary N) is 1. The van der Waals surface area contributed by atoms with Crippen molar-refractivity contribution in [2.75, 3.05) is 13.2 Å². The molecular weight excluding hydrogens is 300 g/mol. The highest BCUT2D eigenvalue weighted by atomic mass is 32.2. The van der Waals surface area contributed by atoms with E-state index in [0.29, 0.717) is 17.6 Å². The number of amides is 1. The lowest BCUT2D eigenvalue weighted by Crippen LogP contribution is -2.16. The van der Waals surface area contributed by atoms with Crippen LogP contribution in [0.5, 0.6) is 0 Å². The van der Waals surface area contributed by atoms with Gasteiger partial charge in [-0.2, -0.15) is 4.99 Å². The van der Waals surface area contributed by atoms with Crippen molar-refractivity contribution in [3.05, 3.63) is 4.80 Å². The van der Waals surface area contributed by atoms with Crippen molar-refractivity contribution in [1.29, 1.82) is 0 Å². The van der Waals surface area contributed by atoms with Crippen LogP contribution in [-0.4, -0.2) is 53.8 Å². The third-order valence-electron chi connectivity index (χ3n) is 1.36. The van der Waals surface area contributed by atoms with Crippen LogP contribution in [0, 0.1) is 0 Å². The van der Waals surface area contributed by atoms with Crippen LogP contribution in [0.4, 0.5) is 0 Å². The van der Waals surface area contributed by atoms with Crippen molar-refractivity contribution >= 4 is 33.6 Å². The molecule has 4 N–H and O–H groups in total. The Morgan fingerprint density at radius 3 is 2.42 bits per heavy atom. The van der Waals surface area contributed by atoms with E-state index in [4.69, 9.17) is 20.1 Å². The van der Waals surface area contributed by atoms with E-state index in [2.05, 4.69) is 10.1 Å². The number of hydrogen-bond acceptors (Lipinski definition) is 8. The van der Waals surface area contributed by atoms with Gasteiger partial charge < -0.3 is 15.0 Å². The summed E-state index contributed by atoms with van der Waals surface area (Å²) in [5, 5.41) is 24.3. The number of aldehydes is 1. The highest BCUT2D eigenvalue weighted by molar-refractivity contribution is 7.91. The zero-order valence-corrected chi connectivity index (χ0v) is 11.4. The van der Waals surface area contributed by atoms with Gasteiger partial charge >= 0.3 is 0 Å².